The van der Waals surface area contributed by atoms with Crippen molar-refractivity contribution >= 4 is 5.91 Å². The van der Waals surface area contributed by atoms with Crippen molar-refractivity contribution in [3.05, 3.63) is 0 Å². The van der Waals surface area contributed by atoms with Gasteiger partial charge in [0, 0.05) is 13.1 Å². The van der Waals surface area contributed by atoms with E-state index in [1.54, 1.807) is 0 Å². The van der Waals surface area contributed by atoms with Gasteiger partial charge in [0.25, 0.3) is 0 Å². The number of amides is 1. The smallest absolute Gasteiger partial charge is 0.236 e. The van der Waals surface area contributed by atoms with Crippen LogP contribution in [-0.2, 0) is 4.79 Å². The minimum atomic E-state index is 0.277. The van der Waals surface area contributed by atoms with Crippen LogP contribution < -0.4 is 0 Å². The van der Waals surface area contributed by atoms with Crippen molar-refractivity contribution in [1.29, 1.82) is 0 Å². The Kier molecular flexibility index (Phi) is 4.36. The fourth-order valence-corrected chi connectivity index (χ4v) is 2.28. The van der Waals surface area contributed by atoms with E-state index in [1.165, 1.54) is 6.42 Å². The normalized spacial score (nSPS) is 22.6. The number of likely N-dealkylation sites (tertiary alicyclic amines) is 1. The maximum atomic E-state index is 12.0. The average molecular weight is 226 g/mol. The molecule has 0 aliphatic carbocycles. The zero-order valence-corrected chi connectivity index (χ0v) is 11.4. The number of carbonyl (C=O) groups is 1. The van der Waals surface area contributed by atoms with Crippen LogP contribution in [0.15, 0.2) is 0 Å². The molecule has 0 bridgehead atoms. The lowest BCUT2D eigenvalue weighted by Gasteiger charge is -2.40. The van der Waals surface area contributed by atoms with Crippen molar-refractivity contribution in [2.45, 2.75) is 33.6 Å². The van der Waals surface area contributed by atoms with Gasteiger partial charge in [-0.05, 0) is 38.3 Å². The molecule has 1 heterocycles. The van der Waals surface area contributed by atoms with E-state index in [4.69, 9.17) is 0 Å². The van der Waals surface area contributed by atoms with E-state index in [1.807, 2.05) is 23.9 Å². The minimum Gasteiger partial charge on any atom is -0.341 e. The van der Waals surface area contributed by atoms with Gasteiger partial charge in [0.15, 0.2) is 0 Å². The minimum absolute atomic E-state index is 0.277. The molecule has 1 atom stereocenters. The van der Waals surface area contributed by atoms with E-state index >= 15 is 0 Å². The summed E-state index contributed by atoms with van der Waals surface area (Å²) in [7, 11) is 3.90. The molecule has 1 aliphatic heterocycles. The molecule has 16 heavy (non-hydrogen) atoms. The van der Waals surface area contributed by atoms with Crippen LogP contribution in [0.3, 0.4) is 0 Å². The van der Waals surface area contributed by atoms with Gasteiger partial charge >= 0.3 is 0 Å². The molecule has 3 nitrogen and oxygen atoms in total. The lowest BCUT2D eigenvalue weighted by molar-refractivity contribution is -0.134. The van der Waals surface area contributed by atoms with Crippen molar-refractivity contribution in [3.63, 3.8) is 0 Å². The zero-order valence-electron chi connectivity index (χ0n) is 11.4. The van der Waals surface area contributed by atoms with E-state index in [-0.39, 0.29) is 5.91 Å². The summed E-state index contributed by atoms with van der Waals surface area (Å²) in [4.78, 5) is 16.0. The lowest BCUT2D eigenvalue weighted by atomic mass is 9.76. The van der Waals surface area contributed by atoms with Crippen LogP contribution in [0, 0.1) is 11.3 Å². The molecule has 0 aromatic carbocycles. The molecule has 3 heteroatoms. The summed E-state index contributed by atoms with van der Waals surface area (Å²) in [5.41, 5.74) is 0.317. The highest BCUT2D eigenvalue weighted by Gasteiger charge is 2.31. The number of hydrogen-bond donors (Lipinski definition) is 0. The lowest BCUT2D eigenvalue weighted by Crippen LogP contribution is -2.46. The second-order valence-electron chi connectivity index (χ2n) is 6.28. The molecule has 1 aliphatic rings. The maximum Gasteiger partial charge on any atom is 0.236 e. The van der Waals surface area contributed by atoms with Gasteiger partial charge in [-0.15, -0.1) is 0 Å². The SMILES string of the molecule is CN(C)CC(=O)N1CCC[C@@H](C(C)(C)C)C1. The monoisotopic (exact) mass is 226 g/mol. The van der Waals surface area contributed by atoms with Gasteiger partial charge < -0.3 is 9.80 Å². The quantitative estimate of drug-likeness (QED) is 0.717. The van der Waals surface area contributed by atoms with Crippen molar-refractivity contribution in [2.24, 2.45) is 11.3 Å². The van der Waals surface area contributed by atoms with Crippen molar-refractivity contribution in [3.8, 4) is 0 Å². The summed E-state index contributed by atoms with van der Waals surface area (Å²) in [6.07, 6.45) is 2.41. The first-order valence-electron chi connectivity index (χ1n) is 6.23. The highest BCUT2D eigenvalue weighted by atomic mass is 16.2. The van der Waals surface area contributed by atoms with Gasteiger partial charge in [-0.3, -0.25) is 4.79 Å². The summed E-state index contributed by atoms with van der Waals surface area (Å²) in [5.74, 6) is 0.923. The van der Waals surface area contributed by atoms with Crippen LogP contribution in [0.1, 0.15) is 33.6 Å². The summed E-state index contributed by atoms with van der Waals surface area (Å²) < 4.78 is 0. The number of likely N-dealkylation sites (N-methyl/N-ethyl adjacent to an activating group) is 1. The average Bonchev–Trinajstić information content (AvgIpc) is 2.15. The van der Waals surface area contributed by atoms with Gasteiger partial charge in [0.1, 0.15) is 0 Å². The summed E-state index contributed by atoms with van der Waals surface area (Å²) in [5, 5.41) is 0. The molecule has 0 radical (unpaired) electrons. The zero-order chi connectivity index (χ0) is 12.3. The van der Waals surface area contributed by atoms with Gasteiger partial charge in [0.2, 0.25) is 5.91 Å². The Morgan fingerprint density at radius 2 is 2.00 bits per heavy atom. The molecule has 1 amide bonds. The van der Waals surface area contributed by atoms with E-state index in [0.29, 0.717) is 17.9 Å². The highest BCUT2D eigenvalue weighted by molar-refractivity contribution is 5.78. The second kappa shape index (κ2) is 5.17. The molecular formula is C13H26N2O. The predicted octanol–water partition coefficient (Wildman–Crippen LogP) is 1.83. The van der Waals surface area contributed by atoms with Gasteiger partial charge in [0.05, 0.1) is 6.54 Å². The Morgan fingerprint density at radius 1 is 1.38 bits per heavy atom. The third-order valence-corrected chi connectivity index (χ3v) is 3.45. The first kappa shape index (κ1) is 13.5. The summed E-state index contributed by atoms with van der Waals surface area (Å²) in [6, 6.07) is 0. The Morgan fingerprint density at radius 3 is 2.50 bits per heavy atom. The summed E-state index contributed by atoms with van der Waals surface area (Å²) >= 11 is 0. The van der Waals surface area contributed by atoms with Crippen LogP contribution in [0.5, 0.6) is 0 Å². The number of nitrogens with zero attached hydrogens (tertiary/aromatic N) is 2. The molecule has 0 unspecified atom stereocenters. The largest absolute Gasteiger partial charge is 0.341 e. The third-order valence-electron chi connectivity index (χ3n) is 3.45. The molecule has 1 saturated heterocycles. The Balaban J connectivity index is 2.54. The summed E-state index contributed by atoms with van der Waals surface area (Å²) in [6.45, 7) is 9.25. The van der Waals surface area contributed by atoms with Gasteiger partial charge in [-0.25, -0.2) is 0 Å². The second-order valence-corrected chi connectivity index (χ2v) is 6.28. The topological polar surface area (TPSA) is 23.6 Å². The fourth-order valence-electron chi connectivity index (χ4n) is 2.28. The van der Waals surface area contributed by atoms with Crippen LogP contribution >= 0.6 is 0 Å². The molecule has 1 fully saturated rings. The van der Waals surface area contributed by atoms with Crippen LogP contribution in [0.2, 0.25) is 0 Å². The first-order chi connectivity index (χ1) is 7.30. The standard InChI is InChI=1S/C13H26N2O/c1-13(2,3)11-7-6-8-15(9-11)12(16)10-14(4)5/h11H,6-10H2,1-5H3/t11-/m1/s1. The van der Waals surface area contributed by atoms with E-state index in [2.05, 4.69) is 20.8 Å². The number of piperidine rings is 1. The number of hydrogen-bond acceptors (Lipinski definition) is 2. The first-order valence-corrected chi connectivity index (χ1v) is 6.23. The Labute approximate surface area is 99.8 Å². The van der Waals surface area contributed by atoms with E-state index < -0.39 is 0 Å². The van der Waals surface area contributed by atoms with Crippen molar-refractivity contribution < 1.29 is 4.79 Å². The predicted molar refractivity (Wildman–Crippen MR) is 67.3 cm³/mol. The molecule has 0 spiro atoms. The fraction of sp³-hybridized carbons (Fsp3) is 0.923. The van der Waals surface area contributed by atoms with Gasteiger partial charge in [-0.2, -0.15) is 0 Å². The maximum absolute atomic E-state index is 12.0. The van der Waals surface area contributed by atoms with E-state index in [0.717, 1.165) is 19.5 Å². The number of carbonyl (C=O) groups excluding carboxylic acids is 1. The van der Waals surface area contributed by atoms with Crippen LogP contribution in [-0.4, -0.2) is 49.4 Å². The molecule has 1 rings (SSSR count). The van der Waals surface area contributed by atoms with E-state index in [9.17, 15) is 4.79 Å². The highest BCUT2D eigenvalue weighted by Crippen LogP contribution is 2.33. The molecule has 0 N–H and O–H groups in total. The molecule has 94 valence electrons. The Hall–Kier alpha value is -0.570. The van der Waals surface area contributed by atoms with Gasteiger partial charge in [-0.1, -0.05) is 20.8 Å². The van der Waals surface area contributed by atoms with Crippen LogP contribution in [0.25, 0.3) is 0 Å². The molecule has 0 aromatic rings. The molecule has 0 saturated carbocycles. The molecule has 0 aromatic heterocycles. The van der Waals surface area contributed by atoms with Crippen LogP contribution in [0.4, 0.5) is 0 Å². The third kappa shape index (κ3) is 3.78. The van der Waals surface area contributed by atoms with Crippen molar-refractivity contribution in [2.75, 3.05) is 33.7 Å². The molecular weight excluding hydrogens is 200 g/mol. The number of rotatable bonds is 2. The Bertz CT molecular complexity index is 243. The van der Waals surface area contributed by atoms with Crippen molar-refractivity contribution in [1.82, 2.24) is 9.80 Å².